The first kappa shape index (κ1) is 15.6. The number of anilines is 2. The molecule has 1 amide bonds. The molecule has 0 spiro atoms. The SMILES string of the molecule is CCOC(=O)N/N=C/c1ccc(N(C)c2ccccc2)cc1. The summed E-state index contributed by atoms with van der Waals surface area (Å²) in [5.74, 6) is 0. The number of nitrogens with zero attached hydrogens (tertiary/aromatic N) is 2. The zero-order valence-corrected chi connectivity index (χ0v) is 12.7. The molecule has 0 atom stereocenters. The summed E-state index contributed by atoms with van der Waals surface area (Å²) in [6.45, 7) is 2.06. The Kier molecular flexibility index (Phi) is 5.54. The van der Waals surface area contributed by atoms with Crippen molar-refractivity contribution in [3.8, 4) is 0 Å². The molecule has 0 radical (unpaired) electrons. The topological polar surface area (TPSA) is 53.9 Å². The van der Waals surface area contributed by atoms with Gasteiger partial charge in [-0.05, 0) is 36.8 Å². The zero-order chi connectivity index (χ0) is 15.8. The third-order valence-corrected chi connectivity index (χ3v) is 3.07. The van der Waals surface area contributed by atoms with Gasteiger partial charge in [0.2, 0.25) is 0 Å². The fourth-order valence-corrected chi connectivity index (χ4v) is 1.91. The molecule has 2 aromatic rings. The Morgan fingerprint density at radius 3 is 2.41 bits per heavy atom. The van der Waals surface area contributed by atoms with E-state index < -0.39 is 6.09 Å². The summed E-state index contributed by atoms with van der Waals surface area (Å²) in [6, 6.07) is 18.0. The minimum Gasteiger partial charge on any atom is -0.449 e. The molecule has 0 heterocycles. The van der Waals surface area contributed by atoms with Crippen LogP contribution in [0.15, 0.2) is 59.7 Å². The predicted molar refractivity (Wildman–Crippen MR) is 88.7 cm³/mol. The highest BCUT2D eigenvalue weighted by atomic mass is 16.5. The summed E-state index contributed by atoms with van der Waals surface area (Å²) in [6.07, 6.45) is 1.02. The molecule has 0 aliphatic heterocycles. The molecule has 0 unspecified atom stereocenters. The first-order valence-electron chi connectivity index (χ1n) is 7.05. The minimum atomic E-state index is -0.556. The molecule has 0 aliphatic rings. The Hall–Kier alpha value is -2.82. The van der Waals surface area contributed by atoms with Crippen LogP contribution in [0, 0.1) is 0 Å². The average molecular weight is 297 g/mol. The number of hydrazone groups is 1. The van der Waals surface area contributed by atoms with Crippen molar-refractivity contribution in [3.63, 3.8) is 0 Å². The number of amides is 1. The monoisotopic (exact) mass is 297 g/mol. The summed E-state index contributed by atoms with van der Waals surface area (Å²) in [5.41, 5.74) is 5.37. The van der Waals surface area contributed by atoms with Gasteiger partial charge in [-0.25, -0.2) is 10.2 Å². The first-order valence-corrected chi connectivity index (χ1v) is 7.05. The normalized spacial score (nSPS) is 10.5. The zero-order valence-electron chi connectivity index (χ0n) is 12.7. The van der Waals surface area contributed by atoms with Gasteiger partial charge < -0.3 is 9.64 Å². The summed E-state index contributed by atoms with van der Waals surface area (Å²) >= 11 is 0. The van der Waals surface area contributed by atoms with Gasteiger partial charge in [-0.1, -0.05) is 30.3 Å². The number of rotatable bonds is 5. The van der Waals surface area contributed by atoms with Crippen molar-refractivity contribution in [1.29, 1.82) is 0 Å². The second-order valence-corrected chi connectivity index (χ2v) is 4.58. The highest BCUT2D eigenvalue weighted by Crippen LogP contribution is 2.22. The number of ether oxygens (including phenoxy) is 1. The Morgan fingerprint density at radius 1 is 1.14 bits per heavy atom. The van der Waals surface area contributed by atoms with Crippen LogP contribution in [-0.4, -0.2) is 26.0 Å². The molecule has 114 valence electrons. The molecule has 0 saturated carbocycles. The molecule has 0 fully saturated rings. The number of carbonyl (C=O) groups excluding carboxylic acids is 1. The summed E-state index contributed by atoms with van der Waals surface area (Å²) < 4.78 is 4.71. The van der Waals surface area contributed by atoms with Crippen molar-refractivity contribution in [3.05, 3.63) is 60.2 Å². The van der Waals surface area contributed by atoms with E-state index in [2.05, 4.69) is 27.6 Å². The molecular weight excluding hydrogens is 278 g/mol. The number of carbonyl (C=O) groups is 1. The van der Waals surface area contributed by atoms with E-state index in [9.17, 15) is 4.79 Å². The summed E-state index contributed by atoms with van der Waals surface area (Å²) in [7, 11) is 2.01. The molecule has 0 aliphatic carbocycles. The van der Waals surface area contributed by atoms with Crippen molar-refractivity contribution in [2.45, 2.75) is 6.92 Å². The Labute approximate surface area is 130 Å². The lowest BCUT2D eigenvalue weighted by molar-refractivity contribution is 0.152. The second-order valence-electron chi connectivity index (χ2n) is 4.58. The Morgan fingerprint density at radius 2 is 1.77 bits per heavy atom. The molecular formula is C17H19N3O2. The van der Waals surface area contributed by atoms with Gasteiger partial charge >= 0.3 is 6.09 Å². The average Bonchev–Trinajstić information content (AvgIpc) is 2.56. The van der Waals surface area contributed by atoms with Crippen molar-refractivity contribution < 1.29 is 9.53 Å². The van der Waals surface area contributed by atoms with Crippen LogP contribution >= 0.6 is 0 Å². The van der Waals surface area contributed by atoms with Crippen molar-refractivity contribution >= 4 is 23.7 Å². The lowest BCUT2D eigenvalue weighted by Crippen LogP contribution is -2.18. The van der Waals surface area contributed by atoms with Gasteiger partial charge in [0, 0.05) is 18.4 Å². The van der Waals surface area contributed by atoms with Crippen molar-refractivity contribution in [2.75, 3.05) is 18.6 Å². The predicted octanol–water partition coefficient (Wildman–Crippen LogP) is 3.53. The summed E-state index contributed by atoms with van der Waals surface area (Å²) in [5, 5.41) is 3.83. The van der Waals surface area contributed by atoms with Crippen LogP contribution in [0.1, 0.15) is 12.5 Å². The van der Waals surface area contributed by atoms with Crippen LogP contribution < -0.4 is 10.3 Å². The number of hydrogen-bond acceptors (Lipinski definition) is 4. The molecule has 0 saturated heterocycles. The van der Waals surface area contributed by atoms with E-state index in [-0.39, 0.29) is 0 Å². The van der Waals surface area contributed by atoms with E-state index in [0.29, 0.717) is 6.61 Å². The van der Waals surface area contributed by atoms with Crippen LogP contribution in [0.2, 0.25) is 0 Å². The number of benzene rings is 2. The van der Waals surface area contributed by atoms with Crippen LogP contribution in [0.5, 0.6) is 0 Å². The van der Waals surface area contributed by atoms with Crippen LogP contribution in [-0.2, 0) is 4.74 Å². The van der Waals surface area contributed by atoms with Gasteiger partial charge in [0.25, 0.3) is 0 Å². The third kappa shape index (κ3) is 4.34. The second kappa shape index (κ2) is 7.83. The molecule has 2 rings (SSSR count). The van der Waals surface area contributed by atoms with Gasteiger partial charge in [-0.15, -0.1) is 0 Å². The Bertz CT molecular complexity index is 624. The van der Waals surface area contributed by atoms with E-state index in [1.165, 1.54) is 0 Å². The van der Waals surface area contributed by atoms with Gasteiger partial charge in [0.1, 0.15) is 0 Å². The standard InChI is InChI=1S/C17H19N3O2/c1-3-22-17(21)19-18-13-14-9-11-16(12-10-14)20(2)15-7-5-4-6-8-15/h4-13H,3H2,1-2H3,(H,19,21)/b18-13+. The fraction of sp³-hybridized carbons (Fsp3) is 0.176. The fourth-order valence-electron chi connectivity index (χ4n) is 1.91. The molecule has 5 nitrogen and oxygen atoms in total. The molecule has 0 aromatic heterocycles. The van der Waals surface area contributed by atoms with E-state index in [0.717, 1.165) is 16.9 Å². The number of hydrogen-bond donors (Lipinski definition) is 1. The number of nitrogens with one attached hydrogen (secondary N) is 1. The maximum absolute atomic E-state index is 11.1. The third-order valence-electron chi connectivity index (χ3n) is 3.07. The maximum atomic E-state index is 11.1. The van der Waals surface area contributed by atoms with Gasteiger partial charge in [0.15, 0.2) is 0 Å². The largest absolute Gasteiger partial charge is 0.449 e. The first-order chi connectivity index (χ1) is 10.7. The van der Waals surface area contributed by atoms with Crippen molar-refractivity contribution in [2.24, 2.45) is 5.10 Å². The smallest absolute Gasteiger partial charge is 0.427 e. The van der Waals surface area contributed by atoms with Crippen molar-refractivity contribution in [1.82, 2.24) is 5.43 Å². The van der Waals surface area contributed by atoms with Crippen LogP contribution in [0.25, 0.3) is 0 Å². The molecule has 1 N–H and O–H groups in total. The van der Waals surface area contributed by atoms with Gasteiger partial charge in [-0.3, -0.25) is 0 Å². The molecule has 0 bridgehead atoms. The lowest BCUT2D eigenvalue weighted by atomic mass is 10.2. The van der Waals surface area contributed by atoms with Gasteiger partial charge in [-0.2, -0.15) is 5.10 Å². The van der Waals surface area contributed by atoms with Crippen LogP contribution in [0.4, 0.5) is 16.2 Å². The highest BCUT2D eigenvalue weighted by Gasteiger charge is 2.02. The number of para-hydroxylation sites is 1. The summed E-state index contributed by atoms with van der Waals surface area (Å²) in [4.78, 5) is 13.2. The van der Waals surface area contributed by atoms with E-state index in [4.69, 9.17) is 4.74 Å². The van der Waals surface area contributed by atoms with E-state index in [1.54, 1.807) is 13.1 Å². The van der Waals surface area contributed by atoms with Crippen LogP contribution in [0.3, 0.4) is 0 Å². The molecule has 22 heavy (non-hydrogen) atoms. The highest BCUT2D eigenvalue weighted by molar-refractivity contribution is 5.81. The van der Waals surface area contributed by atoms with Gasteiger partial charge in [0.05, 0.1) is 12.8 Å². The molecule has 5 heteroatoms. The lowest BCUT2D eigenvalue weighted by Gasteiger charge is -2.19. The maximum Gasteiger partial charge on any atom is 0.427 e. The minimum absolute atomic E-state index is 0.321. The quantitative estimate of drug-likeness (QED) is 0.678. The van der Waals surface area contributed by atoms with E-state index in [1.807, 2.05) is 49.5 Å². The van der Waals surface area contributed by atoms with E-state index >= 15 is 0 Å². The molecule has 2 aromatic carbocycles. The Balaban J connectivity index is 1.98.